The maximum Gasteiger partial charge on any atom is 0.125 e. The molecular formula is C16H14O2. The van der Waals surface area contributed by atoms with Gasteiger partial charge >= 0.3 is 0 Å². The second kappa shape index (κ2) is 6.36. The van der Waals surface area contributed by atoms with E-state index < -0.39 is 0 Å². The lowest BCUT2D eigenvalue weighted by molar-refractivity contribution is 0.265. The van der Waals surface area contributed by atoms with Gasteiger partial charge in [0.15, 0.2) is 0 Å². The van der Waals surface area contributed by atoms with Crippen molar-refractivity contribution in [2.75, 3.05) is 7.11 Å². The monoisotopic (exact) mass is 238 g/mol. The largest absolute Gasteiger partial charge is 0.497 e. The Balaban J connectivity index is 1.88. The molecule has 2 rings (SSSR count). The molecule has 0 bridgehead atoms. The first-order chi connectivity index (χ1) is 8.88. The highest BCUT2D eigenvalue weighted by atomic mass is 16.5. The Labute approximate surface area is 107 Å². The van der Waals surface area contributed by atoms with Gasteiger partial charge in [0.25, 0.3) is 0 Å². The normalized spacial score (nSPS) is 9.17. The van der Waals surface area contributed by atoms with E-state index in [4.69, 9.17) is 9.47 Å². The molecule has 2 aromatic carbocycles. The third kappa shape index (κ3) is 3.57. The summed E-state index contributed by atoms with van der Waals surface area (Å²) in [5.74, 6) is 3.76. The van der Waals surface area contributed by atoms with Crippen molar-refractivity contribution in [2.24, 2.45) is 0 Å². The first-order valence-corrected chi connectivity index (χ1v) is 5.69. The minimum Gasteiger partial charge on any atom is -0.497 e. The van der Waals surface area contributed by atoms with Crippen molar-refractivity contribution in [3.05, 3.63) is 65.7 Å². The van der Waals surface area contributed by atoms with Crippen molar-refractivity contribution in [1.29, 1.82) is 0 Å². The Bertz CT molecular complexity index is 533. The molecular weight excluding hydrogens is 224 g/mol. The van der Waals surface area contributed by atoms with Crippen LogP contribution in [0.15, 0.2) is 54.6 Å². The van der Waals surface area contributed by atoms with Crippen LogP contribution in [0.3, 0.4) is 0 Å². The lowest BCUT2D eigenvalue weighted by atomic mass is 10.2. The van der Waals surface area contributed by atoms with E-state index in [1.54, 1.807) is 7.11 Å². The molecule has 0 atom stereocenters. The van der Waals surface area contributed by atoms with Crippen LogP contribution >= 0.6 is 0 Å². The topological polar surface area (TPSA) is 18.5 Å². The smallest absolute Gasteiger partial charge is 0.125 e. The Hall–Kier alpha value is -2.40. The molecule has 0 fully saturated rings. The number of benzene rings is 2. The van der Waals surface area contributed by atoms with Crippen LogP contribution in [-0.4, -0.2) is 7.11 Å². The molecule has 2 nitrogen and oxygen atoms in total. The zero-order valence-corrected chi connectivity index (χ0v) is 10.2. The summed E-state index contributed by atoms with van der Waals surface area (Å²) < 4.78 is 10.4. The van der Waals surface area contributed by atoms with Crippen LogP contribution in [0, 0.1) is 12.0 Å². The maximum atomic E-state index is 5.29. The molecule has 0 N–H and O–H groups in total. The molecule has 2 heteroatoms. The lowest BCUT2D eigenvalue weighted by Gasteiger charge is -1.98. The molecule has 90 valence electrons. The Morgan fingerprint density at radius 2 is 1.67 bits per heavy atom. The minimum atomic E-state index is 0.504. The fourth-order valence-corrected chi connectivity index (χ4v) is 1.46. The molecule has 18 heavy (non-hydrogen) atoms. The van der Waals surface area contributed by atoms with Gasteiger partial charge in [-0.1, -0.05) is 30.3 Å². The van der Waals surface area contributed by atoms with E-state index in [1.807, 2.05) is 54.6 Å². The van der Waals surface area contributed by atoms with E-state index in [0.717, 1.165) is 16.9 Å². The summed E-state index contributed by atoms with van der Waals surface area (Å²) in [6.45, 7) is 0.504. The summed E-state index contributed by atoms with van der Waals surface area (Å²) in [6, 6.07) is 17.5. The van der Waals surface area contributed by atoms with Crippen molar-refractivity contribution < 1.29 is 9.47 Å². The molecule has 0 heterocycles. The zero-order valence-electron chi connectivity index (χ0n) is 10.2. The standard InChI is InChI=1S/C16H14O2/c1-17-16-9-7-14(8-10-16)11-12-18-13-15-5-3-2-4-6-15/h2-10H,13H2,1H3. The number of rotatable bonds is 3. The van der Waals surface area contributed by atoms with E-state index >= 15 is 0 Å². The number of methoxy groups -OCH3 is 1. The maximum absolute atomic E-state index is 5.29. The molecule has 2 aromatic rings. The lowest BCUT2D eigenvalue weighted by Crippen LogP contribution is -1.86. The van der Waals surface area contributed by atoms with Crippen molar-refractivity contribution in [3.63, 3.8) is 0 Å². The van der Waals surface area contributed by atoms with Crippen LogP contribution in [0.4, 0.5) is 0 Å². The van der Waals surface area contributed by atoms with E-state index in [-0.39, 0.29) is 0 Å². The average Bonchev–Trinajstić information content (AvgIpc) is 2.45. The van der Waals surface area contributed by atoms with Crippen LogP contribution in [0.25, 0.3) is 0 Å². The van der Waals surface area contributed by atoms with Gasteiger partial charge in [-0.3, -0.25) is 0 Å². The zero-order chi connectivity index (χ0) is 12.6. The van der Waals surface area contributed by atoms with E-state index in [9.17, 15) is 0 Å². The van der Waals surface area contributed by atoms with Gasteiger partial charge in [0, 0.05) is 5.56 Å². The van der Waals surface area contributed by atoms with Gasteiger partial charge in [-0.15, -0.1) is 0 Å². The molecule has 0 radical (unpaired) electrons. The third-order valence-electron chi connectivity index (χ3n) is 2.44. The van der Waals surface area contributed by atoms with Crippen LogP contribution in [0.1, 0.15) is 11.1 Å². The van der Waals surface area contributed by atoms with Crippen LogP contribution < -0.4 is 4.74 Å². The predicted molar refractivity (Wildman–Crippen MR) is 71.1 cm³/mol. The Morgan fingerprint density at radius 1 is 0.944 bits per heavy atom. The van der Waals surface area contributed by atoms with Crippen molar-refractivity contribution >= 4 is 0 Å². The quantitative estimate of drug-likeness (QED) is 0.764. The Kier molecular flexibility index (Phi) is 4.27. The molecule has 0 spiro atoms. The van der Waals surface area contributed by atoms with Gasteiger partial charge in [0.2, 0.25) is 0 Å². The molecule has 0 aliphatic rings. The van der Waals surface area contributed by atoms with Crippen molar-refractivity contribution in [3.8, 4) is 17.8 Å². The van der Waals surface area contributed by atoms with E-state index in [2.05, 4.69) is 12.0 Å². The highest BCUT2D eigenvalue weighted by molar-refractivity contribution is 5.37. The molecule has 0 saturated heterocycles. The second-order valence-corrected chi connectivity index (χ2v) is 3.73. The van der Waals surface area contributed by atoms with Gasteiger partial charge in [-0.05, 0) is 35.7 Å². The fraction of sp³-hybridized carbons (Fsp3) is 0.125. The average molecular weight is 238 g/mol. The predicted octanol–water partition coefficient (Wildman–Crippen LogP) is 3.22. The van der Waals surface area contributed by atoms with Gasteiger partial charge < -0.3 is 9.47 Å². The van der Waals surface area contributed by atoms with Crippen LogP contribution in [-0.2, 0) is 11.3 Å². The van der Waals surface area contributed by atoms with Crippen LogP contribution in [0.2, 0.25) is 0 Å². The first-order valence-electron chi connectivity index (χ1n) is 5.69. The summed E-state index contributed by atoms with van der Waals surface area (Å²) in [5.41, 5.74) is 2.02. The van der Waals surface area contributed by atoms with E-state index in [1.165, 1.54) is 0 Å². The summed E-state index contributed by atoms with van der Waals surface area (Å²) in [6.07, 6.45) is 2.70. The van der Waals surface area contributed by atoms with E-state index in [0.29, 0.717) is 6.61 Å². The van der Waals surface area contributed by atoms with Gasteiger partial charge in [-0.25, -0.2) is 0 Å². The second-order valence-electron chi connectivity index (χ2n) is 3.73. The summed E-state index contributed by atoms with van der Waals surface area (Å²) in [5, 5.41) is 0. The van der Waals surface area contributed by atoms with Crippen LogP contribution in [0.5, 0.6) is 5.75 Å². The SMILES string of the molecule is COc1ccc(C#COCc2ccccc2)cc1. The van der Waals surface area contributed by atoms with Crippen molar-refractivity contribution in [1.82, 2.24) is 0 Å². The number of hydrogen-bond donors (Lipinski definition) is 0. The molecule has 0 aliphatic heterocycles. The van der Waals surface area contributed by atoms with Gasteiger partial charge in [0.1, 0.15) is 18.5 Å². The minimum absolute atomic E-state index is 0.504. The molecule has 0 unspecified atom stereocenters. The molecule has 0 aliphatic carbocycles. The number of hydrogen-bond acceptors (Lipinski definition) is 2. The molecule has 0 saturated carbocycles. The number of ether oxygens (including phenoxy) is 2. The summed E-state index contributed by atoms with van der Waals surface area (Å²) >= 11 is 0. The highest BCUT2D eigenvalue weighted by Gasteiger charge is 1.90. The molecule has 0 aromatic heterocycles. The first kappa shape index (κ1) is 12.1. The fourth-order valence-electron chi connectivity index (χ4n) is 1.46. The molecule has 0 amide bonds. The Morgan fingerprint density at radius 3 is 2.33 bits per heavy atom. The van der Waals surface area contributed by atoms with Gasteiger partial charge in [-0.2, -0.15) is 0 Å². The third-order valence-corrected chi connectivity index (χ3v) is 2.44. The summed E-state index contributed by atoms with van der Waals surface area (Å²) in [7, 11) is 1.64. The highest BCUT2D eigenvalue weighted by Crippen LogP contribution is 2.10. The summed E-state index contributed by atoms with van der Waals surface area (Å²) in [4.78, 5) is 0. The van der Waals surface area contributed by atoms with Gasteiger partial charge in [0.05, 0.1) is 7.11 Å². The van der Waals surface area contributed by atoms with Crippen molar-refractivity contribution in [2.45, 2.75) is 6.61 Å².